The highest BCUT2D eigenvalue weighted by Crippen LogP contribution is 2.14. The Labute approximate surface area is 154 Å². The molecule has 0 radical (unpaired) electrons. The summed E-state index contributed by atoms with van der Waals surface area (Å²) in [5.41, 5.74) is -0.345. The highest BCUT2D eigenvalue weighted by atomic mass is 32.2. The van der Waals surface area contributed by atoms with Crippen LogP contribution in [0.2, 0.25) is 0 Å². The van der Waals surface area contributed by atoms with Crippen molar-refractivity contribution >= 4 is 21.7 Å². The van der Waals surface area contributed by atoms with E-state index in [9.17, 15) is 17.6 Å². The van der Waals surface area contributed by atoms with Gasteiger partial charge in [0.05, 0.1) is 12.3 Å². The maximum absolute atomic E-state index is 13.7. The highest BCUT2D eigenvalue weighted by molar-refractivity contribution is 7.91. The maximum Gasteiger partial charge on any atom is 0.240 e. The molecule has 0 bridgehead atoms. The quantitative estimate of drug-likeness (QED) is 0.563. The van der Waals surface area contributed by atoms with Crippen LogP contribution in [-0.2, 0) is 14.6 Å². The fraction of sp³-hybridized carbons (Fsp3) is 0.529. The number of amides is 1. The number of carbonyl (C=O) groups excluding carboxylic acids is 1. The molecule has 0 aliphatic heterocycles. The number of sulfone groups is 1. The number of hydrogen-bond acceptors (Lipinski definition) is 4. The average Bonchev–Trinajstić information content (AvgIpc) is 2.49. The van der Waals surface area contributed by atoms with E-state index in [4.69, 9.17) is 0 Å². The third kappa shape index (κ3) is 6.99. The first kappa shape index (κ1) is 21.9. The minimum atomic E-state index is -3.76. The summed E-state index contributed by atoms with van der Waals surface area (Å²) in [5.74, 6) is -0.873. The van der Waals surface area contributed by atoms with Gasteiger partial charge in [0.25, 0.3) is 0 Å². The summed E-state index contributed by atoms with van der Waals surface area (Å²) < 4.78 is 38.1. The van der Waals surface area contributed by atoms with E-state index in [-0.39, 0.29) is 35.2 Å². The number of likely N-dealkylation sites (N-methyl/N-ethyl adjacent to an activating group) is 1. The van der Waals surface area contributed by atoms with Crippen LogP contribution < -0.4 is 10.6 Å². The van der Waals surface area contributed by atoms with Crippen LogP contribution >= 0.6 is 0 Å². The number of guanidine groups is 1. The van der Waals surface area contributed by atoms with Gasteiger partial charge >= 0.3 is 0 Å². The van der Waals surface area contributed by atoms with E-state index in [0.29, 0.717) is 5.96 Å². The summed E-state index contributed by atoms with van der Waals surface area (Å²) in [6.45, 7) is 5.74. The molecule has 7 nitrogen and oxygen atoms in total. The van der Waals surface area contributed by atoms with Gasteiger partial charge < -0.3 is 15.5 Å². The zero-order chi connectivity index (χ0) is 20.0. The summed E-state index contributed by atoms with van der Waals surface area (Å²) >= 11 is 0. The van der Waals surface area contributed by atoms with Crippen molar-refractivity contribution in [3.8, 4) is 0 Å². The molecule has 1 rings (SSSR count). The van der Waals surface area contributed by atoms with E-state index in [1.165, 1.54) is 25.2 Å². The molecule has 146 valence electrons. The maximum atomic E-state index is 13.7. The van der Waals surface area contributed by atoms with E-state index in [1.807, 2.05) is 20.8 Å². The zero-order valence-electron chi connectivity index (χ0n) is 15.8. The molecular weight excluding hydrogens is 359 g/mol. The smallest absolute Gasteiger partial charge is 0.240 e. The number of nitrogens with one attached hydrogen (secondary N) is 2. The predicted octanol–water partition coefficient (Wildman–Crippen LogP) is 1.02. The summed E-state index contributed by atoms with van der Waals surface area (Å²) in [4.78, 5) is 17.3. The number of carbonyl (C=O) groups is 1. The number of nitrogens with zero attached hydrogens (tertiary/aromatic N) is 2. The lowest BCUT2D eigenvalue weighted by molar-refractivity contribution is -0.122. The van der Waals surface area contributed by atoms with E-state index in [0.717, 1.165) is 6.07 Å². The lowest BCUT2D eigenvalue weighted by Crippen LogP contribution is -2.49. The molecule has 1 amide bonds. The Morgan fingerprint density at radius 1 is 1.27 bits per heavy atom. The average molecular weight is 386 g/mol. The fourth-order valence-corrected chi connectivity index (χ4v) is 3.48. The monoisotopic (exact) mass is 386 g/mol. The fourth-order valence-electron chi connectivity index (χ4n) is 2.24. The largest absolute Gasteiger partial charge is 0.355 e. The molecule has 0 fully saturated rings. The molecule has 9 heteroatoms. The molecule has 0 aromatic heterocycles. The molecule has 1 aromatic carbocycles. The van der Waals surface area contributed by atoms with E-state index >= 15 is 0 Å². The van der Waals surface area contributed by atoms with Crippen molar-refractivity contribution in [2.24, 2.45) is 4.99 Å². The van der Waals surface area contributed by atoms with Gasteiger partial charge in [-0.25, -0.2) is 12.8 Å². The number of halogens is 1. The van der Waals surface area contributed by atoms with Crippen molar-refractivity contribution < 1.29 is 17.6 Å². The van der Waals surface area contributed by atoms with Gasteiger partial charge in [0.2, 0.25) is 5.91 Å². The normalized spacial score (nSPS) is 12.6. The Kier molecular flexibility index (Phi) is 7.55. The third-order valence-corrected chi connectivity index (χ3v) is 5.04. The molecule has 0 saturated carbocycles. The Bertz CT molecular complexity index is 758. The van der Waals surface area contributed by atoms with Crippen LogP contribution in [0.1, 0.15) is 20.8 Å². The van der Waals surface area contributed by atoms with Crippen molar-refractivity contribution in [2.45, 2.75) is 31.2 Å². The third-order valence-electron chi connectivity index (χ3n) is 3.29. The Morgan fingerprint density at radius 3 is 2.42 bits per heavy atom. The second-order valence-corrected chi connectivity index (χ2v) is 8.96. The molecule has 0 spiro atoms. The van der Waals surface area contributed by atoms with Crippen LogP contribution in [0.3, 0.4) is 0 Å². The highest BCUT2D eigenvalue weighted by Gasteiger charge is 2.20. The number of rotatable bonds is 6. The predicted molar refractivity (Wildman–Crippen MR) is 100 cm³/mol. The topological polar surface area (TPSA) is 90.9 Å². The van der Waals surface area contributed by atoms with Gasteiger partial charge in [0.15, 0.2) is 15.8 Å². The van der Waals surface area contributed by atoms with Crippen molar-refractivity contribution in [3.05, 3.63) is 30.1 Å². The minimum absolute atomic E-state index is 0.0363. The Balaban J connectivity index is 2.62. The van der Waals surface area contributed by atoms with Gasteiger partial charge in [-0.3, -0.25) is 9.79 Å². The molecule has 26 heavy (non-hydrogen) atoms. The molecule has 0 saturated heterocycles. The Hall–Kier alpha value is -2.16. The molecule has 1 aromatic rings. The zero-order valence-corrected chi connectivity index (χ0v) is 16.7. The summed E-state index contributed by atoms with van der Waals surface area (Å²) in [6, 6.07) is 5.26. The molecule has 0 heterocycles. The first-order chi connectivity index (χ1) is 12.0. The minimum Gasteiger partial charge on any atom is -0.355 e. The first-order valence-electron chi connectivity index (χ1n) is 8.16. The van der Waals surface area contributed by atoms with Crippen molar-refractivity contribution in [1.29, 1.82) is 0 Å². The number of hydrogen-bond donors (Lipinski definition) is 2. The molecule has 0 unspecified atom stereocenters. The second-order valence-electron chi connectivity index (χ2n) is 6.88. The van der Waals surface area contributed by atoms with Crippen molar-refractivity contribution in [3.63, 3.8) is 0 Å². The van der Waals surface area contributed by atoms with Crippen molar-refractivity contribution in [1.82, 2.24) is 15.5 Å². The lowest BCUT2D eigenvalue weighted by atomic mass is 10.1. The number of aliphatic imine (C=N–C) groups is 1. The van der Waals surface area contributed by atoms with E-state index in [2.05, 4.69) is 15.6 Å². The van der Waals surface area contributed by atoms with Gasteiger partial charge in [0, 0.05) is 26.2 Å². The summed E-state index contributed by atoms with van der Waals surface area (Å²) in [5, 5.41) is 5.71. The van der Waals surface area contributed by atoms with Crippen LogP contribution in [0.15, 0.2) is 34.2 Å². The van der Waals surface area contributed by atoms with Gasteiger partial charge in [-0.2, -0.15) is 0 Å². The summed E-state index contributed by atoms with van der Waals surface area (Å²) in [7, 11) is -0.555. The molecule has 0 aliphatic rings. The molecule has 0 aliphatic carbocycles. The van der Waals surface area contributed by atoms with Gasteiger partial charge in [0.1, 0.15) is 10.7 Å². The van der Waals surface area contributed by atoms with Gasteiger partial charge in [-0.15, -0.1) is 0 Å². The standard InChI is InChI=1S/C17H27FN4O3S/c1-17(2,3)21-15(23)12-22(5)16(19-4)20-10-11-26(24,25)14-9-7-6-8-13(14)18/h6-9H,10-12H2,1-5H3,(H,19,20)(H,21,23). The van der Waals surface area contributed by atoms with Crippen LogP contribution in [0.25, 0.3) is 0 Å². The molecule has 0 atom stereocenters. The van der Waals surface area contributed by atoms with Gasteiger partial charge in [-0.1, -0.05) is 12.1 Å². The van der Waals surface area contributed by atoms with Crippen LogP contribution in [0.4, 0.5) is 4.39 Å². The van der Waals surface area contributed by atoms with Gasteiger partial charge in [-0.05, 0) is 32.9 Å². The number of benzene rings is 1. The molecular formula is C17H27FN4O3S. The van der Waals surface area contributed by atoms with E-state index < -0.39 is 15.7 Å². The van der Waals surface area contributed by atoms with Crippen molar-refractivity contribution in [2.75, 3.05) is 32.9 Å². The Morgan fingerprint density at radius 2 is 1.88 bits per heavy atom. The lowest BCUT2D eigenvalue weighted by Gasteiger charge is -2.25. The van der Waals surface area contributed by atoms with Crippen LogP contribution in [-0.4, -0.2) is 63.7 Å². The summed E-state index contributed by atoms with van der Waals surface area (Å²) in [6.07, 6.45) is 0. The molecule has 2 N–H and O–H groups in total. The van der Waals surface area contributed by atoms with Crippen LogP contribution in [0, 0.1) is 5.82 Å². The first-order valence-corrected chi connectivity index (χ1v) is 9.81. The van der Waals surface area contributed by atoms with E-state index in [1.54, 1.807) is 11.9 Å². The van der Waals surface area contributed by atoms with Crippen LogP contribution in [0.5, 0.6) is 0 Å². The SMILES string of the molecule is CN=C(NCCS(=O)(=O)c1ccccc1F)N(C)CC(=O)NC(C)(C)C. The second kappa shape index (κ2) is 8.98.